The molecule has 1 heterocycles. The van der Waals surface area contributed by atoms with Crippen LogP contribution in [0.2, 0.25) is 0 Å². The summed E-state index contributed by atoms with van der Waals surface area (Å²) in [6.07, 6.45) is 2.89. The molecule has 3 nitrogen and oxygen atoms in total. The maximum atomic E-state index is 10.2. The summed E-state index contributed by atoms with van der Waals surface area (Å²) in [5, 5.41) is 10.2. The Morgan fingerprint density at radius 1 is 1.11 bits per heavy atom. The summed E-state index contributed by atoms with van der Waals surface area (Å²) in [6, 6.07) is 5.18. The minimum absolute atomic E-state index is 0.222. The number of rotatable bonds is 0. The fourth-order valence-corrected chi connectivity index (χ4v) is 0.383. The monoisotopic (exact) mass is 313 g/mol. The minimum atomic E-state index is -0.222. The van der Waals surface area contributed by atoms with Gasteiger partial charge in [-0.15, -0.1) is 0 Å². The van der Waals surface area contributed by atoms with Crippen molar-refractivity contribution in [2.45, 2.75) is 0 Å². The van der Waals surface area contributed by atoms with Crippen LogP contribution in [0.5, 0.6) is 0 Å². The Labute approximate surface area is 69.4 Å². The molecule has 9 heavy (non-hydrogen) atoms. The summed E-state index contributed by atoms with van der Waals surface area (Å²) < 4.78 is 9.19. The summed E-state index contributed by atoms with van der Waals surface area (Å²) >= 11 is -0.222. The molecule has 0 spiro atoms. The molecule has 0 amide bonds. The number of pyridine rings is 1. The molecule has 0 fully saturated rings. The second-order valence-electron chi connectivity index (χ2n) is 1.24. The van der Waals surface area contributed by atoms with E-state index in [2.05, 4.69) is 0 Å². The standard InChI is InChI=1S/C5H5NO.Hg.O/c7-6-4-2-1-3-5-6;;/h1-5H;;. The van der Waals surface area contributed by atoms with E-state index in [1.807, 2.05) is 0 Å². The Morgan fingerprint density at radius 3 is 1.78 bits per heavy atom. The van der Waals surface area contributed by atoms with Crippen LogP contribution in [-0.4, -0.2) is 0 Å². The second-order valence-corrected chi connectivity index (χ2v) is 1.24. The van der Waals surface area contributed by atoms with Crippen molar-refractivity contribution in [2.24, 2.45) is 0 Å². The molecule has 1 aromatic rings. The van der Waals surface area contributed by atoms with Crippen molar-refractivity contribution in [1.29, 1.82) is 0 Å². The van der Waals surface area contributed by atoms with Crippen molar-refractivity contribution in [2.75, 3.05) is 0 Å². The van der Waals surface area contributed by atoms with E-state index in [1.54, 1.807) is 18.2 Å². The summed E-state index contributed by atoms with van der Waals surface area (Å²) in [5.74, 6) is 0. The molecule has 0 aliphatic carbocycles. The zero-order valence-corrected chi connectivity index (χ0v) is 10.4. The van der Waals surface area contributed by atoms with E-state index in [1.165, 1.54) is 12.4 Å². The molecular formula is C5H5HgNO2. The molecular weight excluding hydrogens is 307 g/mol. The summed E-state index contributed by atoms with van der Waals surface area (Å²) in [6.45, 7) is 0. The van der Waals surface area contributed by atoms with Crippen molar-refractivity contribution >= 4 is 0 Å². The molecule has 1 aromatic heterocycles. The molecule has 0 saturated heterocycles. The summed E-state index contributed by atoms with van der Waals surface area (Å²) in [5.41, 5.74) is 0. The van der Waals surface area contributed by atoms with Crippen LogP contribution in [0.25, 0.3) is 0 Å². The predicted molar refractivity (Wildman–Crippen MR) is 26.1 cm³/mol. The number of hydrogen-bond acceptors (Lipinski definition) is 2. The first-order valence-electron chi connectivity index (χ1n) is 2.32. The Hall–Kier alpha value is -0.315. The van der Waals surface area contributed by atoms with E-state index in [0.717, 1.165) is 4.73 Å². The van der Waals surface area contributed by atoms with Gasteiger partial charge in [-0.2, -0.15) is 4.73 Å². The van der Waals surface area contributed by atoms with Crippen LogP contribution in [0.4, 0.5) is 0 Å². The Balaban J connectivity index is 0.000000291. The summed E-state index contributed by atoms with van der Waals surface area (Å²) in [4.78, 5) is 0. The fraction of sp³-hybridized carbons (Fsp3) is 0. The van der Waals surface area contributed by atoms with Crippen LogP contribution < -0.4 is 4.73 Å². The molecule has 1 rings (SSSR count). The molecule has 0 bridgehead atoms. The van der Waals surface area contributed by atoms with Crippen LogP contribution in [0.15, 0.2) is 30.6 Å². The molecule has 0 unspecified atom stereocenters. The normalized spacial score (nSPS) is 7.33. The van der Waals surface area contributed by atoms with Crippen molar-refractivity contribution in [1.82, 2.24) is 0 Å². The summed E-state index contributed by atoms with van der Waals surface area (Å²) in [7, 11) is 0. The molecule has 0 radical (unpaired) electrons. The van der Waals surface area contributed by atoms with Gasteiger partial charge >= 0.3 is 28.8 Å². The van der Waals surface area contributed by atoms with E-state index in [0.29, 0.717) is 0 Å². The van der Waals surface area contributed by atoms with Crippen molar-refractivity contribution in [3.8, 4) is 0 Å². The third-order valence-corrected chi connectivity index (χ3v) is 0.688. The zero-order chi connectivity index (χ0) is 7.11. The molecule has 0 saturated carbocycles. The topological polar surface area (TPSA) is 44.0 Å². The maximum absolute atomic E-state index is 10.2. The first-order valence-corrected chi connectivity index (χ1v) is 4.57. The van der Waals surface area contributed by atoms with Crippen LogP contribution >= 0.6 is 0 Å². The van der Waals surface area contributed by atoms with Gasteiger partial charge in [-0.3, -0.25) is 0 Å². The van der Waals surface area contributed by atoms with E-state index >= 15 is 0 Å². The predicted octanol–water partition coefficient (Wildman–Crippen LogP) is 0.199. The first kappa shape index (κ1) is 8.69. The third kappa shape index (κ3) is 4.21. The van der Waals surface area contributed by atoms with Gasteiger partial charge in [0, 0.05) is 12.1 Å². The van der Waals surface area contributed by atoms with Crippen LogP contribution in [0.3, 0.4) is 0 Å². The van der Waals surface area contributed by atoms with Crippen LogP contribution in [-0.2, 0) is 28.8 Å². The number of hydrogen-bond donors (Lipinski definition) is 0. The Kier molecular flexibility index (Phi) is 5.61. The molecule has 0 aliphatic heterocycles. The molecule has 44 valence electrons. The average Bonchev–Trinajstić information content (AvgIpc) is 1.94. The number of aromatic nitrogens is 1. The molecule has 0 N–H and O–H groups in total. The van der Waals surface area contributed by atoms with Gasteiger partial charge in [-0.25, -0.2) is 0 Å². The third-order valence-electron chi connectivity index (χ3n) is 0.688. The van der Waals surface area contributed by atoms with Crippen molar-refractivity contribution in [3.05, 3.63) is 35.8 Å². The molecule has 0 atom stereocenters. The van der Waals surface area contributed by atoms with Gasteiger partial charge in [-0.05, 0) is 0 Å². The quantitative estimate of drug-likeness (QED) is 0.390. The van der Waals surface area contributed by atoms with Crippen molar-refractivity contribution < 1.29 is 33.5 Å². The fourth-order valence-electron chi connectivity index (χ4n) is 0.383. The molecule has 0 aromatic carbocycles. The zero-order valence-electron chi connectivity index (χ0n) is 4.86. The number of nitrogens with zero attached hydrogens (tertiary/aromatic N) is 1. The Bertz CT molecular complexity index is 156. The van der Waals surface area contributed by atoms with Gasteiger partial charge in [0.2, 0.25) is 0 Å². The van der Waals surface area contributed by atoms with Gasteiger partial charge in [0.1, 0.15) is 0 Å². The van der Waals surface area contributed by atoms with E-state index < -0.39 is 0 Å². The molecule has 0 aliphatic rings. The van der Waals surface area contributed by atoms with Gasteiger partial charge in [0.25, 0.3) is 0 Å². The first-order chi connectivity index (χ1) is 4.39. The SMILES string of the molecule is [O-][n+]1ccccc1.[O]=[Hg]. The van der Waals surface area contributed by atoms with Gasteiger partial charge in [0.15, 0.2) is 12.4 Å². The van der Waals surface area contributed by atoms with Crippen LogP contribution in [0.1, 0.15) is 0 Å². The van der Waals surface area contributed by atoms with E-state index in [4.69, 9.17) is 2.64 Å². The second kappa shape index (κ2) is 5.82. The van der Waals surface area contributed by atoms with Crippen molar-refractivity contribution in [3.63, 3.8) is 0 Å². The average molecular weight is 312 g/mol. The van der Waals surface area contributed by atoms with Crippen LogP contribution in [0, 0.1) is 5.21 Å². The van der Waals surface area contributed by atoms with E-state index in [-0.39, 0.29) is 26.1 Å². The van der Waals surface area contributed by atoms with Gasteiger partial charge in [0.05, 0.1) is 0 Å². The van der Waals surface area contributed by atoms with E-state index in [9.17, 15) is 5.21 Å². The van der Waals surface area contributed by atoms with Gasteiger partial charge < -0.3 is 5.21 Å². The Morgan fingerprint density at radius 2 is 1.56 bits per heavy atom. The molecule has 4 heteroatoms. The van der Waals surface area contributed by atoms with Gasteiger partial charge in [-0.1, -0.05) is 6.07 Å².